The number of amidine groups is 1. The van der Waals surface area contributed by atoms with Gasteiger partial charge in [-0.05, 0) is 37.0 Å². The minimum absolute atomic E-state index is 0.0120. The van der Waals surface area contributed by atoms with Gasteiger partial charge in [0, 0.05) is 30.3 Å². The van der Waals surface area contributed by atoms with Gasteiger partial charge >= 0.3 is 0 Å². The summed E-state index contributed by atoms with van der Waals surface area (Å²) in [7, 11) is 0. The number of nitrogens with one attached hydrogen (secondary N) is 1. The lowest BCUT2D eigenvalue weighted by Crippen LogP contribution is -2.52. The van der Waals surface area contributed by atoms with Crippen LogP contribution in [-0.2, 0) is 22.5 Å². The largest absolute Gasteiger partial charge is 0.380 e. The molecular weight excluding hydrogens is 376 g/mol. The van der Waals surface area contributed by atoms with E-state index in [0.717, 1.165) is 49.0 Å². The van der Waals surface area contributed by atoms with E-state index in [1.807, 2.05) is 49.5 Å². The molecule has 1 atom stereocenters. The van der Waals surface area contributed by atoms with Gasteiger partial charge < -0.3 is 15.0 Å². The number of aliphatic imine (C=N–C) groups is 1. The predicted octanol–water partition coefficient (Wildman–Crippen LogP) is 2.87. The zero-order valence-corrected chi connectivity index (χ0v) is 17.4. The van der Waals surface area contributed by atoms with Crippen LogP contribution in [0.4, 0.5) is 0 Å². The summed E-state index contributed by atoms with van der Waals surface area (Å²) in [6.07, 6.45) is 4.53. The van der Waals surface area contributed by atoms with Gasteiger partial charge in [0.05, 0.1) is 37.9 Å². The quantitative estimate of drug-likeness (QED) is 0.851. The molecule has 0 unspecified atom stereocenters. The van der Waals surface area contributed by atoms with Gasteiger partial charge in [0.15, 0.2) is 0 Å². The molecule has 0 radical (unpaired) electrons. The Labute approximate surface area is 177 Å². The van der Waals surface area contributed by atoms with Crippen LogP contribution in [-0.4, -0.2) is 47.9 Å². The molecule has 2 fully saturated rings. The van der Waals surface area contributed by atoms with Crippen LogP contribution in [0.1, 0.15) is 48.2 Å². The molecule has 0 aliphatic carbocycles. The van der Waals surface area contributed by atoms with E-state index in [-0.39, 0.29) is 18.4 Å². The summed E-state index contributed by atoms with van der Waals surface area (Å²) in [6, 6.07) is 12.0. The average molecular weight is 405 g/mol. The molecule has 30 heavy (non-hydrogen) atoms. The zero-order valence-electron chi connectivity index (χ0n) is 17.4. The molecule has 3 aliphatic heterocycles. The minimum atomic E-state index is -0.0217. The van der Waals surface area contributed by atoms with Gasteiger partial charge in [0.2, 0.25) is 5.91 Å². The van der Waals surface area contributed by atoms with Crippen molar-refractivity contribution in [3.05, 3.63) is 65.0 Å². The molecule has 156 valence electrons. The fourth-order valence-electron chi connectivity index (χ4n) is 4.65. The van der Waals surface area contributed by atoms with E-state index in [2.05, 4.69) is 15.2 Å². The topological polar surface area (TPSA) is 66.8 Å². The van der Waals surface area contributed by atoms with E-state index >= 15 is 0 Å². The highest BCUT2D eigenvalue weighted by atomic mass is 16.5. The fourth-order valence-corrected chi connectivity index (χ4v) is 4.65. The molecule has 4 heterocycles. The number of hydrogen-bond acceptors (Lipinski definition) is 5. The molecule has 1 spiro atoms. The SMILES string of the molecule is C[C@@H](NC(=O)Cc1cc2c(cn1)C(N1CCC3(CC1)COC3)=NC2)c1ccccc1. The molecule has 1 aromatic heterocycles. The maximum absolute atomic E-state index is 12.5. The summed E-state index contributed by atoms with van der Waals surface area (Å²) in [4.78, 5) is 24.3. The maximum atomic E-state index is 12.5. The van der Waals surface area contributed by atoms with Crippen molar-refractivity contribution in [1.82, 2.24) is 15.2 Å². The number of ether oxygens (including phenoxy) is 1. The molecule has 0 saturated carbocycles. The van der Waals surface area contributed by atoms with Gasteiger partial charge in [-0.15, -0.1) is 0 Å². The molecule has 3 aliphatic rings. The van der Waals surface area contributed by atoms with E-state index in [4.69, 9.17) is 9.73 Å². The summed E-state index contributed by atoms with van der Waals surface area (Å²) in [5, 5.41) is 3.07. The summed E-state index contributed by atoms with van der Waals surface area (Å²) in [5.41, 5.74) is 4.61. The Morgan fingerprint density at radius 3 is 2.70 bits per heavy atom. The molecule has 1 N–H and O–H groups in total. The number of pyridine rings is 1. The van der Waals surface area contributed by atoms with E-state index in [0.29, 0.717) is 12.0 Å². The van der Waals surface area contributed by atoms with Crippen LogP contribution < -0.4 is 5.32 Å². The Morgan fingerprint density at radius 1 is 1.23 bits per heavy atom. The van der Waals surface area contributed by atoms with Gasteiger partial charge in [-0.25, -0.2) is 0 Å². The highest BCUT2D eigenvalue weighted by molar-refractivity contribution is 6.01. The minimum Gasteiger partial charge on any atom is -0.380 e. The first kappa shape index (κ1) is 19.2. The molecule has 2 saturated heterocycles. The van der Waals surface area contributed by atoms with Crippen LogP contribution in [0.3, 0.4) is 0 Å². The smallest absolute Gasteiger partial charge is 0.226 e. The van der Waals surface area contributed by atoms with Crippen molar-refractivity contribution in [1.29, 1.82) is 0 Å². The predicted molar refractivity (Wildman–Crippen MR) is 115 cm³/mol. The Bertz CT molecular complexity index is 958. The Morgan fingerprint density at radius 2 is 2.00 bits per heavy atom. The molecule has 1 aromatic carbocycles. The molecule has 2 aromatic rings. The summed E-state index contributed by atoms with van der Waals surface area (Å²) < 4.78 is 5.43. The monoisotopic (exact) mass is 404 g/mol. The second kappa shape index (κ2) is 7.84. The number of carbonyl (C=O) groups excluding carboxylic acids is 1. The lowest BCUT2D eigenvalue weighted by molar-refractivity contribution is -0.134. The normalized spacial score (nSPS) is 20.3. The van der Waals surface area contributed by atoms with E-state index in [9.17, 15) is 4.79 Å². The van der Waals surface area contributed by atoms with Gasteiger partial charge in [0.25, 0.3) is 0 Å². The van der Waals surface area contributed by atoms with Crippen molar-refractivity contribution in [2.24, 2.45) is 10.4 Å². The first-order valence-electron chi connectivity index (χ1n) is 10.8. The molecule has 0 bridgehead atoms. The number of benzene rings is 1. The summed E-state index contributed by atoms with van der Waals surface area (Å²) in [6.45, 7) is 6.57. The molecule has 6 heteroatoms. The number of aromatic nitrogens is 1. The average Bonchev–Trinajstić information content (AvgIpc) is 3.16. The summed E-state index contributed by atoms with van der Waals surface area (Å²) in [5.74, 6) is 1.06. The van der Waals surface area contributed by atoms with Crippen molar-refractivity contribution < 1.29 is 9.53 Å². The number of amides is 1. The Balaban J connectivity index is 1.20. The second-order valence-electron chi connectivity index (χ2n) is 8.83. The van der Waals surface area contributed by atoms with Crippen LogP contribution in [0, 0.1) is 5.41 Å². The molecular formula is C24H28N4O2. The number of likely N-dealkylation sites (tertiary alicyclic amines) is 1. The van der Waals surface area contributed by atoms with Crippen molar-refractivity contribution in [3.8, 4) is 0 Å². The second-order valence-corrected chi connectivity index (χ2v) is 8.83. The van der Waals surface area contributed by atoms with E-state index < -0.39 is 0 Å². The van der Waals surface area contributed by atoms with E-state index in [1.54, 1.807) is 0 Å². The van der Waals surface area contributed by atoms with Crippen LogP contribution in [0.25, 0.3) is 0 Å². The van der Waals surface area contributed by atoms with Crippen molar-refractivity contribution in [2.45, 2.75) is 38.8 Å². The first-order valence-corrected chi connectivity index (χ1v) is 10.8. The Kier molecular flexibility index (Phi) is 5.03. The highest BCUT2D eigenvalue weighted by Crippen LogP contribution is 2.39. The van der Waals surface area contributed by atoms with Gasteiger partial charge in [-0.1, -0.05) is 30.3 Å². The van der Waals surface area contributed by atoms with E-state index in [1.165, 1.54) is 18.4 Å². The zero-order chi connectivity index (χ0) is 20.6. The standard InChI is InChI=1S/C24H28N4O2/c1-17(18-5-3-2-4-6-18)27-22(29)12-20-11-19-13-26-23(21(19)14-25-20)28-9-7-24(8-10-28)15-30-16-24/h2-6,11,14,17H,7-10,12-13,15-16H2,1H3,(H,27,29)/t17-/m1/s1. The maximum Gasteiger partial charge on any atom is 0.226 e. The highest BCUT2D eigenvalue weighted by Gasteiger charge is 2.42. The lowest BCUT2D eigenvalue weighted by atomic mass is 9.77. The number of rotatable bonds is 4. The van der Waals surface area contributed by atoms with Gasteiger partial charge in [-0.3, -0.25) is 14.8 Å². The van der Waals surface area contributed by atoms with Crippen molar-refractivity contribution >= 4 is 11.7 Å². The van der Waals surface area contributed by atoms with Crippen LogP contribution in [0.2, 0.25) is 0 Å². The first-order chi connectivity index (χ1) is 14.6. The van der Waals surface area contributed by atoms with Crippen LogP contribution in [0.5, 0.6) is 0 Å². The number of piperidine rings is 1. The Hall–Kier alpha value is -2.73. The van der Waals surface area contributed by atoms with Crippen molar-refractivity contribution in [2.75, 3.05) is 26.3 Å². The molecule has 1 amide bonds. The third-order valence-corrected chi connectivity index (χ3v) is 6.65. The third kappa shape index (κ3) is 3.72. The summed E-state index contributed by atoms with van der Waals surface area (Å²) >= 11 is 0. The molecule has 5 rings (SSSR count). The van der Waals surface area contributed by atoms with Crippen LogP contribution >= 0.6 is 0 Å². The van der Waals surface area contributed by atoms with Gasteiger partial charge in [0.1, 0.15) is 5.84 Å². The third-order valence-electron chi connectivity index (χ3n) is 6.65. The van der Waals surface area contributed by atoms with Crippen LogP contribution in [0.15, 0.2) is 47.6 Å². The number of hydrogen-bond donors (Lipinski definition) is 1. The lowest BCUT2D eigenvalue weighted by Gasteiger charge is -2.47. The van der Waals surface area contributed by atoms with Gasteiger partial charge in [-0.2, -0.15) is 0 Å². The number of fused-ring (bicyclic) bond motifs is 1. The van der Waals surface area contributed by atoms with Crippen molar-refractivity contribution in [3.63, 3.8) is 0 Å². The number of carbonyl (C=O) groups is 1. The molecule has 6 nitrogen and oxygen atoms in total. The fraction of sp³-hybridized carbons (Fsp3) is 0.458. The number of nitrogens with zero attached hydrogens (tertiary/aromatic N) is 3.